The fourth-order valence-corrected chi connectivity index (χ4v) is 2.54. The van der Waals surface area contributed by atoms with Crippen LogP contribution in [-0.2, 0) is 10.5 Å². The van der Waals surface area contributed by atoms with Crippen LogP contribution in [0.2, 0.25) is 5.02 Å². The number of hydrogen-bond donors (Lipinski definition) is 1. The van der Waals surface area contributed by atoms with E-state index >= 15 is 0 Å². The molecule has 112 valence electrons. The van der Waals surface area contributed by atoms with E-state index in [0.717, 1.165) is 17.8 Å². The Bertz CT molecular complexity index is 639. The van der Waals surface area contributed by atoms with E-state index in [4.69, 9.17) is 16.0 Å². The molecule has 0 saturated heterocycles. The van der Waals surface area contributed by atoms with Gasteiger partial charge in [-0.2, -0.15) is 11.8 Å². The number of hydrogen-bond acceptors (Lipinski definition) is 6. The van der Waals surface area contributed by atoms with Gasteiger partial charge in [-0.1, -0.05) is 23.4 Å². The Morgan fingerprint density at radius 2 is 2.29 bits per heavy atom. The zero-order chi connectivity index (χ0) is 15.2. The van der Waals surface area contributed by atoms with E-state index in [1.165, 1.54) is 12.1 Å². The molecule has 0 bridgehead atoms. The Kier molecular flexibility index (Phi) is 5.89. The van der Waals surface area contributed by atoms with E-state index < -0.39 is 5.82 Å². The summed E-state index contributed by atoms with van der Waals surface area (Å²) in [4.78, 5) is 11.8. The number of nitrogens with zero attached hydrogens (tertiary/aromatic N) is 2. The van der Waals surface area contributed by atoms with E-state index in [9.17, 15) is 9.18 Å². The van der Waals surface area contributed by atoms with Crippen molar-refractivity contribution in [2.75, 3.05) is 17.3 Å². The highest BCUT2D eigenvalue weighted by Crippen LogP contribution is 2.23. The molecule has 0 unspecified atom stereocenters. The van der Waals surface area contributed by atoms with Gasteiger partial charge in [0.25, 0.3) is 5.22 Å². The molecule has 1 aromatic heterocycles. The average molecular weight is 348 g/mol. The minimum Gasteiger partial charge on any atom is -0.415 e. The van der Waals surface area contributed by atoms with Gasteiger partial charge in [-0.15, -0.1) is 10.2 Å². The SMILES string of the molecule is CSCc1nnc(SCC(=O)Nc2ccc(F)cc2Cl)o1. The van der Waals surface area contributed by atoms with Crippen LogP contribution in [0.25, 0.3) is 0 Å². The summed E-state index contributed by atoms with van der Waals surface area (Å²) in [5.41, 5.74) is 0.359. The Morgan fingerprint density at radius 1 is 1.48 bits per heavy atom. The van der Waals surface area contributed by atoms with Gasteiger partial charge in [-0.05, 0) is 24.5 Å². The summed E-state index contributed by atoms with van der Waals surface area (Å²) in [7, 11) is 0. The van der Waals surface area contributed by atoms with Crippen LogP contribution in [0, 0.1) is 5.82 Å². The first kappa shape index (κ1) is 16.1. The second-order valence-electron chi connectivity index (χ2n) is 3.86. The van der Waals surface area contributed by atoms with Gasteiger partial charge in [0, 0.05) is 0 Å². The molecule has 1 aromatic carbocycles. The molecule has 2 rings (SSSR count). The van der Waals surface area contributed by atoms with Crippen molar-refractivity contribution in [2.24, 2.45) is 0 Å². The minimum atomic E-state index is -0.459. The first-order valence-corrected chi connectivity index (χ1v) is 8.53. The zero-order valence-corrected chi connectivity index (χ0v) is 13.3. The van der Waals surface area contributed by atoms with E-state index in [0.29, 0.717) is 22.6 Å². The lowest BCUT2D eigenvalue weighted by Crippen LogP contribution is -2.14. The van der Waals surface area contributed by atoms with E-state index in [1.807, 2.05) is 6.26 Å². The Hall–Kier alpha value is -1.25. The molecule has 1 N–H and O–H groups in total. The van der Waals surface area contributed by atoms with Crippen LogP contribution < -0.4 is 5.32 Å². The van der Waals surface area contributed by atoms with Crippen molar-refractivity contribution in [3.63, 3.8) is 0 Å². The third-order valence-electron chi connectivity index (χ3n) is 2.25. The number of aromatic nitrogens is 2. The van der Waals surface area contributed by atoms with Crippen molar-refractivity contribution >= 4 is 46.7 Å². The maximum atomic E-state index is 12.9. The van der Waals surface area contributed by atoms with Crippen LogP contribution >= 0.6 is 35.1 Å². The number of nitrogens with one attached hydrogen (secondary N) is 1. The Labute approximate surface area is 134 Å². The quantitative estimate of drug-likeness (QED) is 0.807. The highest BCUT2D eigenvalue weighted by molar-refractivity contribution is 7.99. The van der Waals surface area contributed by atoms with Crippen molar-refractivity contribution < 1.29 is 13.6 Å². The largest absolute Gasteiger partial charge is 0.415 e. The second-order valence-corrected chi connectivity index (χ2v) is 6.06. The highest BCUT2D eigenvalue weighted by Gasteiger charge is 2.11. The smallest absolute Gasteiger partial charge is 0.277 e. The lowest BCUT2D eigenvalue weighted by molar-refractivity contribution is -0.113. The predicted octanol–water partition coefficient (Wildman–Crippen LogP) is 3.46. The number of carbonyl (C=O) groups is 1. The van der Waals surface area contributed by atoms with Gasteiger partial charge < -0.3 is 9.73 Å². The molecule has 0 aliphatic carbocycles. The second kappa shape index (κ2) is 7.67. The topological polar surface area (TPSA) is 68.0 Å². The fraction of sp³-hybridized carbons (Fsp3) is 0.250. The predicted molar refractivity (Wildman–Crippen MR) is 82.3 cm³/mol. The van der Waals surface area contributed by atoms with Crippen LogP contribution in [-0.4, -0.2) is 28.1 Å². The van der Waals surface area contributed by atoms with Gasteiger partial charge in [-0.25, -0.2) is 4.39 Å². The van der Waals surface area contributed by atoms with Crippen molar-refractivity contribution in [1.29, 1.82) is 0 Å². The van der Waals surface area contributed by atoms with E-state index in [-0.39, 0.29) is 16.7 Å². The van der Waals surface area contributed by atoms with Gasteiger partial charge in [0.05, 0.1) is 22.2 Å². The summed E-state index contributed by atoms with van der Waals surface area (Å²) in [5, 5.41) is 10.7. The molecular weight excluding hydrogens is 337 g/mol. The molecule has 0 aliphatic rings. The van der Waals surface area contributed by atoms with Crippen LogP contribution in [0.1, 0.15) is 5.89 Å². The van der Waals surface area contributed by atoms with Crippen molar-refractivity contribution in [3.05, 3.63) is 34.9 Å². The van der Waals surface area contributed by atoms with Gasteiger partial charge >= 0.3 is 0 Å². The van der Waals surface area contributed by atoms with E-state index in [1.54, 1.807) is 11.8 Å². The Morgan fingerprint density at radius 3 is 3.00 bits per heavy atom. The van der Waals surface area contributed by atoms with Gasteiger partial charge in [-0.3, -0.25) is 4.79 Å². The lowest BCUT2D eigenvalue weighted by Gasteiger charge is -2.06. The number of halogens is 2. The van der Waals surface area contributed by atoms with Crippen molar-refractivity contribution in [1.82, 2.24) is 10.2 Å². The number of rotatable bonds is 6. The third-order valence-corrected chi connectivity index (χ3v) is 3.91. The molecule has 0 radical (unpaired) electrons. The maximum absolute atomic E-state index is 12.9. The van der Waals surface area contributed by atoms with Crippen LogP contribution in [0.4, 0.5) is 10.1 Å². The monoisotopic (exact) mass is 347 g/mol. The number of anilines is 1. The summed E-state index contributed by atoms with van der Waals surface area (Å²) < 4.78 is 18.2. The van der Waals surface area contributed by atoms with Crippen molar-refractivity contribution in [3.8, 4) is 0 Å². The summed E-state index contributed by atoms with van der Waals surface area (Å²) in [6.07, 6.45) is 1.93. The van der Waals surface area contributed by atoms with E-state index in [2.05, 4.69) is 15.5 Å². The summed E-state index contributed by atoms with van der Waals surface area (Å²) in [5.74, 6) is 0.490. The molecule has 0 aliphatic heterocycles. The van der Waals surface area contributed by atoms with Crippen molar-refractivity contribution in [2.45, 2.75) is 11.0 Å². The highest BCUT2D eigenvalue weighted by atomic mass is 35.5. The zero-order valence-electron chi connectivity index (χ0n) is 10.9. The first-order valence-electron chi connectivity index (χ1n) is 5.77. The molecule has 9 heteroatoms. The summed E-state index contributed by atoms with van der Waals surface area (Å²) >= 11 is 8.52. The Balaban J connectivity index is 1.86. The molecular formula is C12H11ClFN3O2S2. The maximum Gasteiger partial charge on any atom is 0.277 e. The standard InChI is InChI=1S/C12H11ClFN3O2S2/c1-20-6-11-16-17-12(19-11)21-5-10(18)15-9-3-2-7(14)4-8(9)13/h2-4H,5-6H2,1H3,(H,15,18). The molecule has 1 amide bonds. The average Bonchev–Trinajstić information content (AvgIpc) is 2.88. The number of benzene rings is 1. The lowest BCUT2D eigenvalue weighted by atomic mass is 10.3. The minimum absolute atomic E-state index is 0.0919. The number of amides is 1. The normalized spacial score (nSPS) is 10.6. The molecule has 0 spiro atoms. The van der Waals surface area contributed by atoms with Gasteiger partial charge in [0.2, 0.25) is 11.8 Å². The summed E-state index contributed by atoms with van der Waals surface area (Å²) in [6.45, 7) is 0. The molecule has 1 heterocycles. The molecule has 5 nitrogen and oxygen atoms in total. The number of carbonyl (C=O) groups excluding carboxylic acids is 1. The van der Waals surface area contributed by atoms with Crippen LogP contribution in [0.5, 0.6) is 0 Å². The van der Waals surface area contributed by atoms with Gasteiger partial charge in [0.1, 0.15) is 5.82 Å². The molecule has 0 saturated carbocycles. The third kappa shape index (κ3) is 4.90. The van der Waals surface area contributed by atoms with Crippen LogP contribution in [0.3, 0.4) is 0 Å². The first-order chi connectivity index (χ1) is 10.1. The molecule has 21 heavy (non-hydrogen) atoms. The summed E-state index contributed by atoms with van der Waals surface area (Å²) in [6, 6.07) is 3.77. The molecule has 2 aromatic rings. The van der Waals surface area contributed by atoms with Gasteiger partial charge in [0.15, 0.2) is 0 Å². The molecule has 0 atom stereocenters. The fourth-order valence-electron chi connectivity index (χ4n) is 1.38. The molecule has 0 fully saturated rings. The number of thioether (sulfide) groups is 2. The van der Waals surface area contributed by atoms with Crippen LogP contribution in [0.15, 0.2) is 27.8 Å².